The first-order valence-electron chi connectivity index (χ1n) is 12.6. The van der Waals surface area contributed by atoms with E-state index in [0.717, 1.165) is 43.7 Å². The molecule has 0 aromatic heterocycles. The average Bonchev–Trinajstić information content (AvgIpc) is 3.05. The van der Waals surface area contributed by atoms with Gasteiger partial charge in [-0.2, -0.15) is 0 Å². The number of hydrogen-bond donors (Lipinski definition) is 0. The number of amides is 1. The van der Waals surface area contributed by atoms with Crippen molar-refractivity contribution >= 4 is 5.91 Å². The second-order valence-electron chi connectivity index (χ2n) is 9.48. The second kappa shape index (κ2) is 12.9. The summed E-state index contributed by atoms with van der Waals surface area (Å²) < 4.78 is 28.4. The fraction of sp³-hybridized carbons (Fsp3) is 0.536. The molecule has 0 saturated carbocycles. The van der Waals surface area contributed by atoms with Crippen LogP contribution in [0, 0.1) is 5.92 Å². The van der Waals surface area contributed by atoms with Gasteiger partial charge < -0.3 is 28.6 Å². The maximum atomic E-state index is 13.4. The van der Waals surface area contributed by atoms with Crippen LogP contribution >= 0.6 is 0 Å². The number of ether oxygens (including phenoxy) is 5. The summed E-state index contributed by atoms with van der Waals surface area (Å²) in [6.07, 6.45) is 1.89. The first kappa shape index (κ1) is 26.3. The zero-order valence-electron chi connectivity index (χ0n) is 21.6. The van der Waals surface area contributed by atoms with Gasteiger partial charge in [0.1, 0.15) is 0 Å². The van der Waals surface area contributed by atoms with Crippen LogP contribution in [0.25, 0.3) is 0 Å². The molecule has 0 N–H and O–H groups in total. The highest BCUT2D eigenvalue weighted by Gasteiger charge is 2.31. The van der Waals surface area contributed by atoms with Crippen molar-refractivity contribution in [3.05, 3.63) is 53.6 Å². The van der Waals surface area contributed by atoms with Crippen LogP contribution in [0.2, 0.25) is 0 Å². The lowest BCUT2D eigenvalue weighted by Gasteiger charge is -2.30. The van der Waals surface area contributed by atoms with Crippen LogP contribution in [0.15, 0.2) is 42.5 Å². The molecular weight excluding hydrogens is 460 g/mol. The van der Waals surface area contributed by atoms with Crippen LogP contribution < -0.4 is 14.2 Å². The summed E-state index contributed by atoms with van der Waals surface area (Å²) in [6, 6.07) is 14.0. The lowest BCUT2D eigenvalue weighted by Crippen LogP contribution is -2.42. The summed E-state index contributed by atoms with van der Waals surface area (Å²) in [5, 5.41) is 0. The van der Waals surface area contributed by atoms with Gasteiger partial charge in [0, 0.05) is 39.4 Å². The summed E-state index contributed by atoms with van der Waals surface area (Å²) >= 11 is 0. The molecule has 2 aromatic carbocycles. The van der Waals surface area contributed by atoms with E-state index < -0.39 is 0 Å². The van der Waals surface area contributed by atoms with Crippen LogP contribution in [0.4, 0.5) is 0 Å². The van der Waals surface area contributed by atoms with Crippen molar-refractivity contribution in [2.24, 2.45) is 5.92 Å². The molecule has 0 unspecified atom stereocenters. The molecule has 2 aromatic rings. The molecule has 0 radical (unpaired) electrons. The zero-order chi connectivity index (χ0) is 25.3. The lowest BCUT2D eigenvalue weighted by molar-refractivity contribution is -0.133. The van der Waals surface area contributed by atoms with E-state index in [9.17, 15) is 4.79 Å². The Morgan fingerprint density at radius 3 is 2.25 bits per heavy atom. The van der Waals surface area contributed by atoms with Crippen LogP contribution in [-0.2, 0) is 27.4 Å². The van der Waals surface area contributed by atoms with Crippen molar-refractivity contribution in [3.63, 3.8) is 0 Å². The molecule has 0 aliphatic carbocycles. The maximum absolute atomic E-state index is 13.4. The van der Waals surface area contributed by atoms with Gasteiger partial charge in [0.2, 0.25) is 11.7 Å². The van der Waals surface area contributed by atoms with Crippen LogP contribution in [0.5, 0.6) is 17.2 Å². The molecule has 2 aliphatic rings. The molecule has 0 bridgehead atoms. The van der Waals surface area contributed by atoms with E-state index in [1.807, 2.05) is 35.2 Å². The fourth-order valence-electron chi connectivity index (χ4n) is 4.97. The molecule has 2 fully saturated rings. The third-order valence-corrected chi connectivity index (χ3v) is 6.88. The molecule has 2 aliphatic heterocycles. The van der Waals surface area contributed by atoms with Crippen molar-refractivity contribution in [2.75, 3.05) is 60.7 Å². The molecule has 196 valence electrons. The number of nitrogens with zero attached hydrogens (tertiary/aromatic N) is 2. The minimum atomic E-state index is -0.0986. The monoisotopic (exact) mass is 498 g/mol. The predicted molar refractivity (Wildman–Crippen MR) is 137 cm³/mol. The number of carbonyl (C=O) groups excluding carboxylic acids is 1. The maximum Gasteiger partial charge on any atom is 0.236 e. The summed E-state index contributed by atoms with van der Waals surface area (Å²) in [6.45, 7) is 4.97. The second-order valence-corrected chi connectivity index (χ2v) is 9.48. The van der Waals surface area contributed by atoms with Crippen molar-refractivity contribution in [1.82, 2.24) is 9.80 Å². The van der Waals surface area contributed by atoms with Gasteiger partial charge in [-0.3, -0.25) is 9.69 Å². The van der Waals surface area contributed by atoms with Gasteiger partial charge in [-0.25, -0.2) is 0 Å². The van der Waals surface area contributed by atoms with E-state index in [0.29, 0.717) is 56.0 Å². The highest BCUT2D eigenvalue weighted by molar-refractivity contribution is 5.78. The molecule has 2 heterocycles. The first-order chi connectivity index (χ1) is 17.6. The van der Waals surface area contributed by atoms with Crippen molar-refractivity contribution < 1.29 is 28.5 Å². The summed E-state index contributed by atoms with van der Waals surface area (Å²) in [5.74, 6) is 2.37. The summed E-state index contributed by atoms with van der Waals surface area (Å²) in [7, 11) is 4.81. The lowest BCUT2D eigenvalue weighted by atomic mass is 9.99. The number of carbonyl (C=O) groups is 1. The molecule has 36 heavy (non-hydrogen) atoms. The van der Waals surface area contributed by atoms with Gasteiger partial charge in [0.05, 0.1) is 40.6 Å². The molecular formula is C28H38N2O6. The van der Waals surface area contributed by atoms with Crippen LogP contribution in [0.1, 0.15) is 24.0 Å². The Balaban J connectivity index is 1.51. The van der Waals surface area contributed by atoms with Gasteiger partial charge in [-0.15, -0.1) is 0 Å². The normalized spacial score (nSPS) is 19.7. The summed E-state index contributed by atoms with van der Waals surface area (Å²) in [4.78, 5) is 17.5. The smallest absolute Gasteiger partial charge is 0.236 e. The van der Waals surface area contributed by atoms with E-state index >= 15 is 0 Å². The molecule has 0 spiro atoms. The van der Waals surface area contributed by atoms with Crippen molar-refractivity contribution in [2.45, 2.75) is 32.1 Å². The third kappa shape index (κ3) is 6.90. The van der Waals surface area contributed by atoms with Crippen molar-refractivity contribution in [1.29, 1.82) is 0 Å². The van der Waals surface area contributed by atoms with E-state index in [2.05, 4.69) is 17.0 Å². The highest BCUT2D eigenvalue weighted by atomic mass is 16.5. The molecule has 8 nitrogen and oxygen atoms in total. The minimum absolute atomic E-state index is 0.0986. The van der Waals surface area contributed by atoms with Gasteiger partial charge in [0.25, 0.3) is 0 Å². The Morgan fingerprint density at radius 2 is 1.61 bits per heavy atom. The van der Waals surface area contributed by atoms with E-state index in [1.54, 1.807) is 21.3 Å². The Hall–Kier alpha value is -2.81. The van der Waals surface area contributed by atoms with Gasteiger partial charge in [-0.05, 0) is 42.0 Å². The first-order valence-corrected chi connectivity index (χ1v) is 12.6. The van der Waals surface area contributed by atoms with Gasteiger partial charge in [-0.1, -0.05) is 30.3 Å². The number of rotatable bonds is 10. The van der Waals surface area contributed by atoms with Crippen LogP contribution in [-0.4, -0.2) is 82.5 Å². The molecule has 1 amide bonds. The Labute approximate surface area is 214 Å². The number of hydrogen-bond acceptors (Lipinski definition) is 7. The number of methoxy groups -OCH3 is 3. The van der Waals surface area contributed by atoms with E-state index in [4.69, 9.17) is 23.7 Å². The number of benzene rings is 2. The van der Waals surface area contributed by atoms with Crippen LogP contribution in [0.3, 0.4) is 0 Å². The SMILES string of the molecule is COc1cc(CN2CC(=O)N(CC3CCOCC3)C[C@@H](OCc3ccccc3)C2)cc(OC)c1OC. The highest BCUT2D eigenvalue weighted by Crippen LogP contribution is 2.38. The predicted octanol–water partition coefficient (Wildman–Crippen LogP) is 3.37. The molecule has 2 saturated heterocycles. The Morgan fingerprint density at radius 1 is 0.917 bits per heavy atom. The third-order valence-electron chi connectivity index (χ3n) is 6.88. The minimum Gasteiger partial charge on any atom is -0.493 e. The fourth-order valence-corrected chi connectivity index (χ4v) is 4.97. The standard InChI is InChI=1S/C28H38N2O6/c1-32-25-13-23(14-26(33-2)28(25)34-3)15-29-17-24(36-20-22-7-5-4-6-8-22)18-30(27(31)19-29)16-21-9-11-35-12-10-21/h4-8,13-14,21,24H,9-12,15-20H2,1-3H3/t24-/m0/s1. The largest absolute Gasteiger partial charge is 0.493 e. The Bertz CT molecular complexity index is 954. The quantitative estimate of drug-likeness (QED) is 0.498. The molecule has 4 rings (SSSR count). The average molecular weight is 499 g/mol. The zero-order valence-corrected chi connectivity index (χ0v) is 21.6. The Kier molecular flexibility index (Phi) is 9.44. The molecule has 1 atom stereocenters. The van der Waals surface area contributed by atoms with Gasteiger partial charge in [0.15, 0.2) is 11.5 Å². The van der Waals surface area contributed by atoms with Gasteiger partial charge >= 0.3 is 0 Å². The van der Waals surface area contributed by atoms with E-state index in [-0.39, 0.29) is 12.0 Å². The topological polar surface area (TPSA) is 69.7 Å². The molecule has 8 heteroatoms. The van der Waals surface area contributed by atoms with Crippen molar-refractivity contribution in [3.8, 4) is 17.2 Å². The summed E-state index contributed by atoms with van der Waals surface area (Å²) in [5.41, 5.74) is 2.11. The van der Waals surface area contributed by atoms with E-state index in [1.165, 1.54) is 0 Å².